The van der Waals surface area contributed by atoms with E-state index < -0.39 is 0 Å². The van der Waals surface area contributed by atoms with Crippen molar-refractivity contribution in [3.05, 3.63) is 24.3 Å². The van der Waals surface area contributed by atoms with Gasteiger partial charge in [0, 0.05) is 12.6 Å². The second-order valence-corrected chi connectivity index (χ2v) is 6.41. The molecule has 0 unspecified atom stereocenters. The molecule has 1 aliphatic rings. The fourth-order valence-electron chi connectivity index (χ4n) is 3.23. The number of anilines is 2. The molecule has 0 radical (unpaired) electrons. The van der Waals surface area contributed by atoms with Crippen LogP contribution in [0.25, 0.3) is 11.0 Å². The Morgan fingerprint density at radius 2 is 1.76 bits per heavy atom. The highest BCUT2D eigenvalue weighted by atomic mass is 15.2. The molecule has 4 nitrogen and oxygen atoms in total. The molecule has 0 aliphatic heterocycles. The number of benzene rings is 1. The van der Waals surface area contributed by atoms with E-state index in [1.165, 1.54) is 25.7 Å². The second-order valence-electron chi connectivity index (χ2n) is 6.41. The molecule has 0 bridgehead atoms. The van der Waals surface area contributed by atoms with E-state index in [4.69, 9.17) is 10.7 Å². The minimum atomic E-state index is 0.557. The van der Waals surface area contributed by atoms with Gasteiger partial charge in [-0.15, -0.1) is 0 Å². The first kappa shape index (κ1) is 14.1. The Morgan fingerprint density at radius 3 is 2.38 bits per heavy atom. The maximum atomic E-state index is 6.22. The quantitative estimate of drug-likeness (QED) is 0.931. The zero-order valence-corrected chi connectivity index (χ0v) is 12.9. The molecule has 21 heavy (non-hydrogen) atoms. The van der Waals surface area contributed by atoms with Crippen LogP contribution in [0.1, 0.15) is 39.5 Å². The predicted molar refractivity (Wildman–Crippen MR) is 88.4 cm³/mol. The van der Waals surface area contributed by atoms with Crippen LogP contribution < -0.4 is 10.6 Å². The Bertz CT molecular complexity index is 617. The molecule has 112 valence electrons. The zero-order valence-electron chi connectivity index (χ0n) is 12.9. The Kier molecular flexibility index (Phi) is 3.95. The molecule has 1 aromatic carbocycles. The summed E-state index contributed by atoms with van der Waals surface area (Å²) in [5.74, 6) is 2.01. The van der Waals surface area contributed by atoms with Crippen LogP contribution in [-0.2, 0) is 0 Å². The highest BCUT2D eigenvalue weighted by Crippen LogP contribution is 2.31. The third kappa shape index (κ3) is 2.94. The summed E-state index contributed by atoms with van der Waals surface area (Å²) >= 11 is 0. The number of hydrogen-bond acceptors (Lipinski definition) is 4. The summed E-state index contributed by atoms with van der Waals surface area (Å²) in [4.78, 5) is 11.8. The van der Waals surface area contributed by atoms with Gasteiger partial charge in [0.15, 0.2) is 11.6 Å². The standard InChI is InChI=1S/C17H24N4/c1-12(2)11-21(13-7-3-4-8-13)17-16(18)19-14-9-5-6-10-15(14)20-17/h5-6,9-10,12-13H,3-4,7-8,11H2,1-2H3,(H2,18,19). The molecule has 1 aliphatic carbocycles. The van der Waals surface area contributed by atoms with E-state index in [9.17, 15) is 0 Å². The van der Waals surface area contributed by atoms with Crippen molar-refractivity contribution in [2.75, 3.05) is 17.2 Å². The van der Waals surface area contributed by atoms with Crippen molar-refractivity contribution in [2.45, 2.75) is 45.6 Å². The Morgan fingerprint density at radius 1 is 1.14 bits per heavy atom. The number of rotatable bonds is 4. The summed E-state index contributed by atoms with van der Waals surface area (Å²) in [5, 5.41) is 0. The summed E-state index contributed by atoms with van der Waals surface area (Å²) in [6.07, 6.45) is 5.09. The maximum Gasteiger partial charge on any atom is 0.172 e. The van der Waals surface area contributed by atoms with Crippen LogP contribution in [0.15, 0.2) is 24.3 Å². The third-order valence-electron chi connectivity index (χ3n) is 4.18. The van der Waals surface area contributed by atoms with Crippen molar-refractivity contribution in [1.82, 2.24) is 9.97 Å². The smallest absolute Gasteiger partial charge is 0.172 e. The molecule has 2 aromatic rings. The van der Waals surface area contributed by atoms with Gasteiger partial charge in [0.1, 0.15) is 0 Å². The van der Waals surface area contributed by atoms with Crippen molar-refractivity contribution in [3.63, 3.8) is 0 Å². The monoisotopic (exact) mass is 284 g/mol. The van der Waals surface area contributed by atoms with E-state index >= 15 is 0 Å². The molecular formula is C17H24N4. The van der Waals surface area contributed by atoms with Gasteiger partial charge < -0.3 is 10.6 Å². The first-order valence-electron chi connectivity index (χ1n) is 7.94. The number of fused-ring (bicyclic) bond motifs is 1. The number of nitrogen functional groups attached to an aromatic ring is 1. The van der Waals surface area contributed by atoms with Crippen LogP contribution >= 0.6 is 0 Å². The number of hydrogen-bond donors (Lipinski definition) is 1. The topological polar surface area (TPSA) is 55.0 Å². The lowest BCUT2D eigenvalue weighted by atomic mass is 10.1. The van der Waals surface area contributed by atoms with E-state index in [0.717, 1.165) is 23.4 Å². The van der Waals surface area contributed by atoms with E-state index in [0.29, 0.717) is 17.8 Å². The summed E-state index contributed by atoms with van der Waals surface area (Å²) in [6.45, 7) is 5.47. The normalized spacial score (nSPS) is 16.0. The van der Waals surface area contributed by atoms with Gasteiger partial charge in [-0.1, -0.05) is 38.8 Å². The van der Waals surface area contributed by atoms with Crippen molar-refractivity contribution >= 4 is 22.7 Å². The average Bonchev–Trinajstić information content (AvgIpc) is 2.98. The molecule has 1 fully saturated rings. The molecule has 0 atom stereocenters. The van der Waals surface area contributed by atoms with Crippen LogP contribution in [0.5, 0.6) is 0 Å². The highest BCUT2D eigenvalue weighted by Gasteiger charge is 2.26. The first-order chi connectivity index (χ1) is 10.1. The molecule has 1 heterocycles. The minimum absolute atomic E-state index is 0.557. The van der Waals surface area contributed by atoms with Gasteiger partial charge in [0.25, 0.3) is 0 Å². The average molecular weight is 284 g/mol. The molecule has 4 heteroatoms. The first-order valence-corrected chi connectivity index (χ1v) is 7.94. The van der Waals surface area contributed by atoms with Gasteiger partial charge in [0.05, 0.1) is 11.0 Å². The summed E-state index contributed by atoms with van der Waals surface area (Å²) in [5.41, 5.74) is 8.01. The van der Waals surface area contributed by atoms with Gasteiger partial charge in [-0.2, -0.15) is 0 Å². The van der Waals surface area contributed by atoms with Gasteiger partial charge in [0.2, 0.25) is 0 Å². The SMILES string of the molecule is CC(C)CN(c1nc2ccccc2nc1N)C1CCCC1. The number of nitrogens with two attached hydrogens (primary N) is 1. The minimum Gasteiger partial charge on any atom is -0.381 e. The molecule has 2 N–H and O–H groups in total. The molecular weight excluding hydrogens is 260 g/mol. The zero-order chi connectivity index (χ0) is 14.8. The fraction of sp³-hybridized carbons (Fsp3) is 0.529. The van der Waals surface area contributed by atoms with Crippen LogP contribution in [-0.4, -0.2) is 22.6 Å². The van der Waals surface area contributed by atoms with E-state index in [2.05, 4.69) is 23.7 Å². The number of para-hydroxylation sites is 2. The molecule has 1 saturated carbocycles. The van der Waals surface area contributed by atoms with Gasteiger partial charge in [-0.05, 0) is 30.9 Å². The maximum absolute atomic E-state index is 6.22. The lowest BCUT2D eigenvalue weighted by Crippen LogP contribution is -2.37. The number of aromatic nitrogens is 2. The van der Waals surface area contributed by atoms with E-state index in [1.807, 2.05) is 24.3 Å². The lowest BCUT2D eigenvalue weighted by Gasteiger charge is -2.32. The molecule has 1 aromatic heterocycles. The van der Waals surface area contributed by atoms with Crippen LogP contribution in [0.3, 0.4) is 0 Å². The Balaban J connectivity index is 2.02. The lowest BCUT2D eigenvalue weighted by molar-refractivity contribution is 0.532. The summed E-state index contributed by atoms with van der Waals surface area (Å²) in [6, 6.07) is 8.50. The third-order valence-corrected chi connectivity index (χ3v) is 4.18. The van der Waals surface area contributed by atoms with Crippen LogP contribution in [0, 0.1) is 5.92 Å². The van der Waals surface area contributed by atoms with E-state index in [1.54, 1.807) is 0 Å². The molecule has 3 rings (SSSR count). The van der Waals surface area contributed by atoms with Gasteiger partial charge in [-0.3, -0.25) is 0 Å². The molecule has 0 amide bonds. The van der Waals surface area contributed by atoms with Gasteiger partial charge in [-0.25, -0.2) is 9.97 Å². The summed E-state index contributed by atoms with van der Waals surface area (Å²) < 4.78 is 0. The van der Waals surface area contributed by atoms with Gasteiger partial charge >= 0.3 is 0 Å². The molecule has 0 spiro atoms. The Hall–Kier alpha value is -1.84. The van der Waals surface area contributed by atoms with Crippen molar-refractivity contribution < 1.29 is 0 Å². The van der Waals surface area contributed by atoms with E-state index in [-0.39, 0.29) is 0 Å². The van der Waals surface area contributed by atoms with Crippen LogP contribution in [0.4, 0.5) is 11.6 Å². The highest BCUT2D eigenvalue weighted by molar-refractivity contribution is 5.79. The fourth-order valence-corrected chi connectivity index (χ4v) is 3.23. The number of nitrogens with zero attached hydrogens (tertiary/aromatic N) is 3. The Labute approximate surface area is 126 Å². The van der Waals surface area contributed by atoms with Crippen molar-refractivity contribution in [2.24, 2.45) is 5.92 Å². The molecule has 0 saturated heterocycles. The largest absolute Gasteiger partial charge is 0.381 e. The second kappa shape index (κ2) is 5.88. The predicted octanol–water partition coefficient (Wildman–Crippen LogP) is 3.62. The van der Waals surface area contributed by atoms with Crippen molar-refractivity contribution in [1.29, 1.82) is 0 Å². The van der Waals surface area contributed by atoms with Crippen molar-refractivity contribution in [3.8, 4) is 0 Å². The summed E-state index contributed by atoms with van der Waals surface area (Å²) in [7, 11) is 0. The van der Waals surface area contributed by atoms with Crippen LogP contribution in [0.2, 0.25) is 0 Å².